The number of nitrogens with zero attached hydrogens (tertiary/aromatic N) is 4. The summed E-state index contributed by atoms with van der Waals surface area (Å²) in [4.78, 5) is 22.0. The maximum atomic E-state index is 13.2. The number of amides is 1. The SMILES string of the molecule is CN(C)S(=O)(=O)c1ccc(N2CCCC2)c(C(=O)Nc2ccc(N3CCOCC3)cn2)c1. The topological polar surface area (TPSA) is 95.1 Å². The first-order chi connectivity index (χ1) is 15.4. The second-order valence-electron chi connectivity index (χ2n) is 8.12. The fourth-order valence-electron chi connectivity index (χ4n) is 3.95. The van der Waals surface area contributed by atoms with Gasteiger partial charge in [-0.3, -0.25) is 4.79 Å². The average molecular weight is 460 g/mol. The third kappa shape index (κ3) is 4.72. The van der Waals surface area contributed by atoms with Crippen LogP contribution in [0, 0.1) is 0 Å². The van der Waals surface area contributed by atoms with E-state index in [4.69, 9.17) is 4.74 Å². The number of aromatic nitrogens is 1. The van der Waals surface area contributed by atoms with Crippen molar-refractivity contribution in [3.63, 3.8) is 0 Å². The molecular weight excluding hydrogens is 430 g/mol. The summed E-state index contributed by atoms with van der Waals surface area (Å²) in [6.45, 7) is 4.66. The zero-order valence-corrected chi connectivity index (χ0v) is 19.3. The second kappa shape index (κ2) is 9.43. The molecule has 0 atom stereocenters. The molecule has 9 nitrogen and oxygen atoms in total. The molecular formula is C22H29N5O4S. The number of hydrogen-bond donors (Lipinski definition) is 1. The highest BCUT2D eigenvalue weighted by Gasteiger charge is 2.25. The van der Waals surface area contributed by atoms with Crippen LogP contribution in [0.2, 0.25) is 0 Å². The lowest BCUT2D eigenvalue weighted by Crippen LogP contribution is -2.36. The van der Waals surface area contributed by atoms with Gasteiger partial charge < -0.3 is 19.9 Å². The van der Waals surface area contributed by atoms with Gasteiger partial charge in [-0.25, -0.2) is 17.7 Å². The van der Waals surface area contributed by atoms with Crippen LogP contribution in [0.1, 0.15) is 23.2 Å². The van der Waals surface area contributed by atoms with Gasteiger partial charge in [0.05, 0.1) is 35.6 Å². The molecule has 0 saturated carbocycles. The summed E-state index contributed by atoms with van der Waals surface area (Å²) in [6.07, 6.45) is 3.82. The summed E-state index contributed by atoms with van der Waals surface area (Å²) >= 11 is 0. The van der Waals surface area contributed by atoms with Gasteiger partial charge in [0, 0.05) is 46.0 Å². The molecule has 32 heavy (non-hydrogen) atoms. The van der Waals surface area contributed by atoms with Gasteiger partial charge in [-0.2, -0.15) is 0 Å². The Kier molecular flexibility index (Phi) is 6.63. The molecule has 0 aliphatic carbocycles. The Labute approximate surface area is 189 Å². The van der Waals surface area contributed by atoms with Crippen LogP contribution in [0.5, 0.6) is 0 Å². The third-order valence-electron chi connectivity index (χ3n) is 5.80. The molecule has 4 rings (SSSR count). The summed E-state index contributed by atoms with van der Waals surface area (Å²) in [7, 11) is -0.709. The molecule has 172 valence electrons. The number of benzene rings is 1. The highest BCUT2D eigenvalue weighted by molar-refractivity contribution is 7.89. The molecule has 1 aromatic heterocycles. The van der Waals surface area contributed by atoms with E-state index in [-0.39, 0.29) is 10.8 Å². The Morgan fingerprint density at radius 3 is 2.38 bits per heavy atom. The number of carbonyl (C=O) groups excluding carboxylic acids is 1. The number of pyridine rings is 1. The highest BCUT2D eigenvalue weighted by atomic mass is 32.2. The predicted octanol–water partition coefficient (Wildman–Crippen LogP) is 2.02. The zero-order valence-electron chi connectivity index (χ0n) is 18.5. The van der Waals surface area contributed by atoms with Crippen LogP contribution in [-0.2, 0) is 14.8 Å². The molecule has 0 spiro atoms. The number of rotatable bonds is 6. The molecule has 2 saturated heterocycles. The molecule has 1 N–H and O–H groups in total. The van der Waals surface area contributed by atoms with Gasteiger partial charge >= 0.3 is 0 Å². The van der Waals surface area contributed by atoms with E-state index in [0.717, 1.165) is 54.7 Å². The maximum Gasteiger partial charge on any atom is 0.258 e. The van der Waals surface area contributed by atoms with Gasteiger partial charge in [0.1, 0.15) is 5.82 Å². The van der Waals surface area contributed by atoms with Gasteiger partial charge in [-0.05, 0) is 43.2 Å². The number of nitrogens with one attached hydrogen (secondary N) is 1. The quantitative estimate of drug-likeness (QED) is 0.706. The maximum absolute atomic E-state index is 13.2. The first-order valence-corrected chi connectivity index (χ1v) is 12.2. The van der Waals surface area contributed by atoms with Crippen LogP contribution in [-0.4, -0.2) is 77.1 Å². The number of sulfonamides is 1. The largest absolute Gasteiger partial charge is 0.378 e. The molecule has 2 aliphatic rings. The van der Waals surface area contributed by atoms with Crippen molar-refractivity contribution >= 4 is 33.1 Å². The Balaban J connectivity index is 1.59. The molecule has 2 aromatic rings. The monoisotopic (exact) mass is 459 g/mol. The molecule has 0 unspecified atom stereocenters. The summed E-state index contributed by atoms with van der Waals surface area (Å²) in [5, 5.41) is 2.83. The number of carbonyl (C=O) groups is 1. The molecule has 3 heterocycles. The van der Waals surface area contributed by atoms with E-state index in [0.29, 0.717) is 24.6 Å². The molecule has 0 radical (unpaired) electrons. The minimum atomic E-state index is -3.66. The van der Waals surface area contributed by atoms with E-state index in [1.54, 1.807) is 24.4 Å². The van der Waals surface area contributed by atoms with Crippen molar-refractivity contribution in [1.82, 2.24) is 9.29 Å². The van der Waals surface area contributed by atoms with Crippen molar-refractivity contribution in [3.05, 3.63) is 42.1 Å². The Morgan fingerprint density at radius 2 is 1.75 bits per heavy atom. The van der Waals surface area contributed by atoms with E-state index in [2.05, 4.69) is 20.1 Å². The van der Waals surface area contributed by atoms with Gasteiger partial charge in [0.15, 0.2) is 0 Å². The predicted molar refractivity (Wildman–Crippen MR) is 124 cm³/mol. The summed E-state index contributed by atoms with van der Waals surface area (Å²) < 4.78 is 31.8. The number of ether oxygens (including phenoxy) is 1. The Hall–Kier alpha value is -2.69. The highest BCUT2D eigenvalue weighted by Crippen LogP contribution is 2.29. The lowest BCUT2D eigenvalue weighted by Gasteiger charge is -2.28. The number of anilines is 3. The van der Waals surface area contributed by atoms with Crippen molar-refractivity contribution in [2.75, 3.05) is 68.6 Å². The fourth-order valence-corrected chi connectivity index (χ4v) is 4.88. The third-order valence-corrected chi connectivity index (χ3v) is 7.61. The van der Waals surface area contributed by atoms with Crippen LogP contribution in [0.3, 0.4) is 0 Å². The van der Waals surface area contributed by atoms with E-state index in [1.807, 2.05) is 6.07 Å². The molecule has 10 heteroatoms. The number of morpholine rings is 1. The van der Waals surface area contributed by atoms with Crippen LogP contribution in [0.4, 0.5) is 17.2 Å². The van der Waals surface area contributed by atoms with Crippen molar-refractivity contribution in [3.8, 4) is 0 Å². The fraction of sp³-hybridized carbons (Fsp3) is 0.455. The average Bonchev–Trinajstić information content (AvgIpc) is 3.34. The van der Waals surface area contributed by atoms with E-state index in [1.165, 1.54) is 20.2 Å². The van der Waals surface area contributed by atoms with Gasteiger partial charge in [-0.1, -0.05) is 0 Å². The first kappa shape index (κ1) is 22.5. The summed E-state index contributed by atoms with van der Waals surface area (Å²) in [5.41, 5.74) is 2.04. The van der Waals surface area contributed by atoms with Crippen LogP contribution >= 0.6 is 0 Å². The lowest BCUT2D eigenvalue weighted by molar-refractivity contribution is 0.102. The summed E-state index contributed by atoms with van der Waals surface area (Å²) in [6, 6.07) is 8.43. The van der Waals surface area contributed by atoms with Crippen LogP contribution in [0.15, 0.2) is 41.4 Å². The van der Waals surface area contributed by atoms with Crippen molar-refractivity contribution in [2.24, 2.45) is 0 Å². The van der Waals surface area contributed by atoms with Gasteiger partial charge in [-0.15, -0.1) is 0 Å². The number of hydrogen-bond acceptors (Lipinski definition) is 7. The van der Waals surface area contributed by atoms with E-state index in [9.17, 15) is 13.2 Å². The van der Waals surface area contributed by atoms with Gasteiger partial charge in [0.25, 0.3) is 5.91 Å². The molecule has 2 fully saturated rings. The van der Waals surface area contributed by atoms with Crippen LogP contribution < -0.4 is 15.1 Å². The van der Waals surface area contributed by atoms with Crippen molar-refractivity contribution in [1.29, 1.82) is 0 Å². The first-order valence-electron chi connectivity index (χ1n) is 10.8. The lowest BCUT2D eigenvalue weighted by atomic mass is 10.1. The second-order valence-corrected chi connectivity index (χ2v) is 10.3. The van der Waals surface area contributed by atoms with E-state index >= 15 is 0 Å². The zero-order chi connectivity index (χ0) is 22.7. The normalized spacial score (nSPS) is 17.1. The molecule has 1 amide bonds. The van der Waals surface area contributed by atoms with Gasteiger partial charge in [0.2, 0.25) is 10.0 Å². The Bertz CT molecular complexity index is 1060. The molecule has 2 aliphatic heterocycles. The smallest absolute Gasteiger partial charge is 0.258 e. The standard InChI is InChI=1S/C22H29N5O4S/c1-25(2)32(29,30)18-6-7-20(27-9-3-4-10-27)19(15-18)22(28)24-21-8-5-17(16-23-21)26-11-13-31-14-12-26/h5-8,15-16H,3-4,9-14H2,1-2H3,(H,23,24,28). The summed E-state index contributed by atoms with van der Waals surface area (Å²) in [5.74, 6) is 0.0366. The minimum absolute atomic E-state index is 0.0891. The van der Waals surface area contributed by atoms with Crippen LogP contribution in [0.25, 0.3) is 0 Å². The van der Waals surface area contributed by atoms with Crippen molar-refractivity contribution in [2.45, 2.75) is 17.7 Å². The van der Waals surface area contributed by atoms with E-state index < -0.39 is 10.0 Å². The Morgan fingerprint density at radius 1 is 1.03 bits per heavy atom. The van der Waals surface area contributed by atoms with Crippen molar-refractivity contribution < 1.29 is 17.9 Å². The minimum Gasteiger partial charge on any atom is -0.378 e. The molecule has 0 bridgehead atoms. The molecule has 1 aromatic carbocycles.